The van der Waals surface area contributed by atoms with Gasteiger partial charge in [0.15, 0.2) is 5.54 Å². The Balaban J connectivity index is 2.09. The summed E-state index contributed by atoms with van der Waals surface area (Å²) in [4.78, 5) is 38.3. The average molecular weight is 482 g/mol. The number of hydroxylamine groups is 1. The number of amides is 3. The standard InChI is InChI=1S/C26H31N3O6/c1-25(2,33)17-35-16-20-10-8-18(9-11-20)6-7-19-12-14-21(15-13-19)22(30)29(5)26(3,23(31)27-4)24(32)28-34/h8-15,33-34H,16-17H2,1-5H3,(H,27,31)(H,28,32)/t26-/m0/s1. The molecule has 0 saturated heterocycles. The highest BCUT2D eigenvalue weighted by atomic mass is 16.5. The summed E-state index contributed by atoms with van der Waals surface area (Å²) in [5.74, 6) is 3.70. The fraction of sp³-hybridized carbons (Fsp3) is 0.346. The van der Waals surface area contributed by atoms with E-state index in [4.69, 9.17) is 9.94 Å². The summed E-state index contributed by atoms with van der Waals surface area (Å²) in [6.45, 7) is 5.23. The summed E-state index contributed by atoms with van der Waals surface area (Å²) in [5.41, 5.74) is 1.29. The van der Waals surface area contributed by atoms with E-state index in [2.05, 4.69) is 17.2 Å². The number of carbonyl (C=O) groups excluding carboxylic acids is 3. The molecular formula is C26H31N3O6. The molecule has 0 spiro atoms. The maximum Gasteiger partial charge on any atom is 0.278 e. The van der Waals surface area contributed by atoms with Gasteiger partial charge in [-0.25, -0.2) is 5.48 Å². The van der Waals surface area contributed by atoms with Gasteiger partial charge < -0.3 is 20.1 Å². The Hall–Kier alpha value is -3.71. The Morgan fingerprint density at radius 2 is 1.46 bits per heavy atom. The molecule has 0 aliphatic heterocycles. The minimum Gasteiger partial charge on any atom is -0.388 e. The maximum atomic E-state index is 12.9. The third kappa shape index (κ3) is 7.13. The number of rotatable bonds is 8. The van der Waals surface area contributed by atoms with E-state index >= 15 is 0 Å². The number of nitrogens with zero attached hydrogens (tertiary/aromatic N) is 1. The summed E-state index contributed by atoms with van der Waals surface area (Å²) < 4.78 is 5.49. The normalized spacial score (nSPS) is 12.5. The first-order valence-corrected chi connectivity index (χ1v) is 10.9. The van der Waals surface area contributed by atoms with Crippen LogP contribution in [0.15, 0.2) is 48.5 Å². The van der Waals surface area contributed by atoms with Crippen LogP contribution in [0.5, 0.6) is 0 Å². The zero-order valence-corrected chi connectivity index (χ0v) is 20.5. The van der Waals surface area contributed by atoms with Crippen molar-refractivity contribution in [2.45, 2.75) is 38.5 Å². The third-order valence-electron chi connectivity index (χ3n) is 5.35. The van der Waals surface area contributed by atoms with E-state index in [1.165, 1.54) is 26.5 Å². The van der Waals surface area contributed by atoms with E-state index in [1.807, 2.05) is 24.3 Å². The summed E-state index contributed by atoms with van der Waals surface area (Å²) in [5, 5.41) is 21.1. The zero-order valence-electron chi connectivity index (χ0n) is 20.5. The lowest BCUT2D eigenvalue weighted by atomic mass is 9.96. The molecule has 2 aromatic rings. The molecule has 0 bridgehead atoms. The first kappa shape index (κ1) is 27.5. The molecule has 9 heteroatoms. The van der Waals surface area contributed by atoms with E-state index < -0.39 is 28.9 Å². The molecule has 186 valence electrons. The molecule has 0 aliphatic rings. The van der Waals surface area contributed by atoms with Gasteiger partial charge in [-0.2, -0.15) is 0 Å². The summed E-state index contributed by atoms with van der Waals surface area (Å²) in [6, 6.07) is 14.0. The smallest absolute Gasteiger partial charge is 0.278 e. The van der Waals surface area contributed by atoms with E-state index in [1.54, 1.807) is 38.1 Å². The molecule has 0 heterocycles. The second-order valence-corrected chi connectivity index (χ2v) is 8.79. The topological polar surface area (TPSA) is 128 Å². The van der Waals surface area contributed by atoms with Gasteiger partial charge in [-0.3, -0.25) is 19.6 Å². The highest BCUT2D eigenvalue weighted by Gasteiger charge is 2.47. The van der Waals surface area contributed by atoms with E-state index in [9.17, 15) is 19.5 Å². The lowest BCUT2D eigenvalue weighted by Crippen LogP contribution is -2.64. The van der Waals surface area contributed by atoms with Crippen LogP contribution in [0.2, 0.25) is 0 Å². The highest BCUT2D eigenvalue weighted by molar-refractivity contribution is 6.12. The van der Waals surface area contributed by atoms with Crippen molar-refractivity contribution in [3.8, 4) is 11.8 Å². The van der Waals surface area contributed by atoms with Crippen molar-refractivity contribution >= 4 is 17.7 Å². The fourth-order valence-electron chi connectivity index (χ4n) is 3.10. The Morgan fingerprint density at radius 3 is 1.91 bits per heavy atom. The Kier molecular flexibility index (Phi) is 9.14. The summed E-state index contributed by atoms with van der Waals surface area (Å²) in [6.07, 6.45) is 0. The number of ether oxygens (including phenoxy) is 1. The molecule has 2 aromatic carbocycles. The van der Waals surface area contributed by atoms with E-state index in [0.29, 0.717) is 12.2 Å². The van der Waals surface area contributed by atoms with Crippen LogP contribution in [0.1, 0.15) is 47.8 Å². The van der Waals surface area contributed by atoms with Crippen molar-refractivity contribution in [3.63, 3.8) is 0 Å². The quantitative estimate of drug-likeness (QED) is 0.196. The Bertz CT molecular complexity index is 1090. The third-order valence-corrected chi connectivity index (χ3v) is 5.35. The molecule has 35 heavy (non-hydrogen) atoms. The van der Waals surface area contributed by atoms with Gasteiger partial charge in [-0.1, -0.05) is 24.0 Å². The zero-order chi connectivity index (χ0) is 26.2. The molecule has 0 saturated carbocycles. The molecule has 3 amide bonds. The second-order valence-electron chi connectivity index (χ2n) is 8.79. The molecule has 9 nitrogen and oxygen atoms in total. The van der Waals surface area contributed by atoms with Crippen molar-refractivity contribution in [3.05, 3.63) is 70.8 Å². The molecule has 0 aromatic heterocycles. The van der Waals surface area contributed by atoms with Crippen molar-refractivity contribution in [1.82, 2.24) is 15.7 Å². The number of aliphatic hydroxyl groups is 1. The molecule has 4 N–H and O–H groups in total. The van der Waals surface area contributed by atoms with Crippen LogP contribution in [0.25, 0.3) is 0 Å². The monoisotopic (exact) mass is 481 g/mol. The van der Waals surface area contributed by atoms with Gasteiger partial charge in [0.2, 0.25) is 0 Å². The molecule has 0 radical (unpaired) electrons. The van der Waals surface area contributed by atoms with Crippen molar-refractivity contribution < 1.29 is 29.4 Å². The minimum absolute atomic E-state index is 0.239. The molecule has 0 aliphatic carbocycles. The maximum absolute atomic E-state index is 12.9. The van der Waals surface area contributed by atoms with Gasteiger partial charge in [0.1, 0.15) is 0 Å². The number of nitrogens with one attached hydrogen (secondary N) is 2. The van der Waals surface area contributed by atoms with Crippen molar-refractivity contribution in [2.24, 2.45) is 0 Å². The van der Waals surface area contributed by atoms with E-state index in [0.717, 1.165) is 16.0 Å². The van der Waals surface area contributed by atoms with Crippen LogP contribution in [-0.4, -0.2) is 64.8 Å². The Morgan fingerprint density at radius 1 is 0.943 bits per heavy atom. The molecule has 0 unspecified atom stereocenters. The van der Waals surface area contributed by atoms with Gasteiger partial charge in [-0.15, -0.1) is 0 Å². The highest BCUT2D eigenvalue weighted by Crippen LogP contribution is 2.18. The van der Waals surface area contributed by atoms with Gasteiger partial charge in [0.05, 0.1) is 18.8 Å². The molecule has 2 rings (SSSR count). The van der Waals surface area contributed by atoms with Crippen molar-refractivity contribution in [1.29, 1.82) is 0 Å². The van der Waals surface area contributed by atoms with Gasteiger partial charge in [-0.05, 0) is 62.7 Å². The second kappa shape index (κ2) is 11.6. The Labute approximate surface area is 205 Å². The predicted molar refractivity (Wildman–Crippen MR) is 129 cm³/mol. The first-order valence-electron chi connectivity index (χ1n) is 10.9. The minimum atomic E-state index is -1.95. The van der Waals surface area contributed by atoms with Gasteiger partial charge in [0.25, 0.3) is 17.7 Å². The SMILES string of the molecule is CNC(=O)[C@@](C)(C(=O)NO)N(C)C(=O)c1ccc(C#Cc2ccc(COCC(C)(C)O)cc2)cc1. The largest absolute Gasteiger partial charge is 0.388 e. The summed E-state index contributed by atoms with van der Waals surface area (Å²) >= 11 is 0. The number of likely N-dealkylation sites (N-methyl/N-ethyl adjacent to an activating group) is 2. The number of hydrogen-bond acceptors (Lipinski definition) is 6. The van der Waals surface area contributed by atoms with Crippen LogP contribution >= 0.6 is 0 Å². The first-order chi connectivity index (χ1) is 16.4. The average Bonchev–Trinajstić information content (AvgIpc) is 2.85. The molecule has 1 atom stereocenters. The fourth-order valence-corrected chi connectivity index (χ4v) is 3.10. The predicted octanol–water partition coefficient (Wildman–Crippen LogP) is 1.46. The van der Waals surface area contributed by atoms with Gasteiger partial charge in [0, 0.05) is 30.8 Å². The van der Waals surface area contributed by atoms with Crippen LogP contribution in [0.4, 0.5) is 0 Å². The lowest BCUT2D eigenvalue weighted by Gasteiger charge is -2.34. The lowest BCUT2D eigenvalue weighted by molar-refractivity contribution is -0.148. The number of hydrogen-bond donors (Lipinski definition) is 4. The van der Waals surface area contributed by atoms with E-state index in [-0.39, 0.29) is 12.2 Å². The number of benzene rings is 2. The number of carbonyl (C=O) groups is 3. The van der Waals surface area contributed by atoms with Crippen molar-refractivity contribution in [2.75, 3.05) is 20.7 Å². The van der Waals surface area contributed by atoms with Crippen LogP contribution in [-0.2, 0) is 20.9 Å². The summed E-state index contributed by atoms with van der Waals surface area (Å²) in [7, 11) is 2.64. The molecular weight excluding hydrogens is 450 g/mol. The van der Waals surface area contributed by atoms with Crippen LogP contribution in [0.3, 0.4) is 0 Å². The van der Waals surface area contributed by atoms with Crippen LogP contribution in [0, 0.1) is 11.8 Å². The van der Waals surface area contributed by atoms with Gasteiger partial charge >= 0.3 is 0 Å². The molecule has 0 fully saturated rings. The van der Waals surface area contributed by atoms with Crippen LogP contribution < -0.4 is 10.8 Å².